The molecule has 1 heterocycles. The smallest absolute Gasteiger partial charge is 0.272 e. The van der Waals surface area contributed by atoms with E-state index in [1.54, 1.807) is 13.0 Å². The molecule has 110 valence electrons. The molecule has 0 saturated carbocycles. The summed E-state index contributed by atoms with van der Waals surface area (Å²) in [5.74, 6) is -0.437. The molecule has 1 N–H and O–H groups in total. The van der Waals surface area contributed by atoms with Gasteiger partial charge in [0.15, 0.2) is 11.6 Å². The lowest BCUT2D eigenvalue weighted by Crippen LogP contribution is -2.04. The normalized spacial score (nSPS) is 10.2. The maximum Gasteiger partial charge on any atom is 0.272 e. The van der Waals surface area contributed by atoms with Crippen LogP contribution in [0, 0.1) is 22.9 Å². The molecule has 0 unspecified atom stereocenters. The number of benzene rings is 1. The average molecular weight is 292 g/mol. The monoisotopic (exact) mass is 292 g/mol. The van der Waals surface area contributed by atoms with Crippen molar-refractivity contribution in [3.63, 3.8) is 0 Å². The number of hydrogen-bond acceptors (Lipinski definition) is 6. The number of non-ortho nitro benzene ring substituents is 1. The molecule has 2 rings (SSSR count). The Kier molecular flexibility index (Phi) is 4.27. The van der Waals surface area contributed by atoms with Crippen molar-refractivity contribution in [2.75, 3.05) is 11.9 Å². The molecule has 0 spiro atoms. The lowest BCUT2D eigenvalue weighted by atomic mass is 10.3. The van der Waals surface area contributed by atoms with Gasteiger partial charge in [0.2, 0.25) is 11.8 Å². The van der Waals surface area contributed by atoms with Crippen LogP contribution in [0.5, 0.6) is 11.6 Å². The van der Waals surface area contributed by atoms with Crippen molar-refractivity contribution in [2.45, 2.75) is 13.8 Å². The van der Waals surface area contributed by atoms with Gasteiger partial charge in [0.05, 0.1) is 11.0 Å². The second-order valence-electron chi connectivity index (χ2n) is 4.18. The fourth-order valence-corrected chi connectivity index (χ4v) is 1.63. The Balaban J connectivity index is 2.27. The molecule has 8 heteroatoms. The van der Waals surface area contributed by atoms with Gasteiger partial charge in [-0.15, -0.1) is 0 Å². The maximum absolute atomic E-state index is 13.8. The van der Waals surface area contributed by atoms with Crippen LogP contribution in [0.3, 0.4) is 0 Å². The quantitative estimate of drug-likeness (QED) is 0.672. The third-order valence-electron chi connectivity index (χ3n) is 2.51. The minimum Gasteiger partial charge on any atom is -0.436 e. The van der Waals surface area contributed by atoms with Gasteiger partial charge in [-0.3, -0.25) is 10.1 Å². The highest BCUT2D eigenvalue weighted by Crippen LogP contribution is 2.27. The predicted molar refractivity (Wildman–Crippen MR) is 74.1 cm³/mol. The van der Waals surface area contributed by atoms with Crippen LogP contribution < -0.4 is 10.1 Å². The van der Waals surface area contributed by atoms with E-state index in [1.807, 2.05) is 6.92 Å². The molecule has 0 aliphatic rings. The number of nitro benzene ring substituents is 1. The first kappa shape index (κ1) is 14.6. The molecule has 2 aromatic rings. The summed E-state index contributed by atoms with van der Waals surface area (Å²) >= 11 is 0. The average Bonchev–Trinajstić information content (AvgIpc) is 2.40. The van der Waals surface area contributed by atoms with Crippen molar-refractivity contribution in [3.05, 3.63) is 45.9 Å². The van der Waals surface area contributed by atoms with E-state index < -0.39 is 10.7 Å². The van der Waals surface area contributed by atoms with Gasteiger partial charge < -0.3 is 10.1 Å². The zero-order valence-corrected chi connectivity index (χ0v) is 11.5. The molecule has 21 heavy (non-hydrogen) atoms. The number of ether oxygens (including phenoxy) is 1. The number of aromatic nitrogens is 2. The fourth-order valence-electron chi connectivity index (χ4n) is 1.63. The van der Waals surface area contributed by atoms with Crippen LogP contribution in [0.4, 0.5) is 16.0 Å². The molecule has 0 amide bonds. The number of halogens is 1. The first-order chi connectivity index (χ1) is 9.99. The number of aryl methyl sites for hydroxylation is 1. The highest BCUT2D eigenvalue weighted by molar-refractivity contribution is 5.40. The van der Waals surface area contributed by atoms with Gasteiger partial charge in [0.1, 0.15) is 0 Å². The van der Waals surface area contributed by atoms with Crippen molar-refractivity contribution in [1.82, 2.24) is 9.97 Å². The standard InChI is InChI=1S/C13H13FN4O3/c1-3-15-13-16-8(2)6-12(17-13)21-11-5-4-9(18(19)20)7-10(11)14/h4-7H,3H2,1-2H3,(H,15,16,17). The topological polar surface area (TPSA) is 90.2 Å². The van der Waals surface area contributed by atoms with Gasteiger partial charge in [0.25, 0.3) is 5.69 Å². The Labute approximate surface area is 120 Å². The summed E-state index contributed by atoms with van der Waals surface area (Å²) in [6.07, 6.45) is 0. The third kappa shape index (κ3) is 3.62. The largest absolute Gasteiger partial charge is 0.436 e. The predicted octanol–water partition coefficient (Wildman–Crippen LogP) is 3.06. The maximum atomic E-state index is 13.8. The molecule has 0 bridgehead atoms. The van der Waals surface area contributed by atoms with Crippen molar-refractivity contribution in [3.8, 4) is 11.6 Å². The molecule has 0 aliphatic heterocycles. The van der Waals surface area contributed by atoms with Crippen LogP contribution >= 0.6 is 0 Å². The molecule has 0 aliphatic carbocycles. The minimum atomic E-state index is -0.828. The van der Waals surface area contributed by atoms with E-state index in [4.69, 9.17) is 4.74 Å². The van der Waals surface area contributed by atoms with E-state index in [1.165, 1.54) is 6.07 Å². The Morgan fingerprint density at radius 3 is 2.76 bits per heavy atom. The van der Waals surface area contributed by atoms with Crippen LogP contribution in [0.2, 0.25) is 0 Å². The Bertz CT molecular complexity index is 678. The molecule has 0 radical (unpaired) electrons. The van der Waals surface area contributed by atoms with Crippen LogP contribution in [0.25, 0.3) is 0 Å². The third-order valence-corrected chi connectivity index (χ3v) is 2.51. The molecule has 1 aromatic heterocycles. The molecular formula is C13H13FN4O3. The zero-order chi connectivity index (χ0) is 15.4. The summed E-state index contributed by atoms with van der Waals surface area (Å²) in [5.41, 5.74) is 0.310. The van der Waals surface area contributed by atoms with Gasteiger partial charge in [-0.2, -0.15) is 4.98 Å². The summed E-state index contributed by atoms with van der Waals surface area (Å²) in [7, 11) is 0. The van der Waals surface area contributed by atoms with Crippen molar-refractivity contribution >= 4 is 11.6 Å². The summed E-state index contributed by atoms with van der Waals surface area (Å²) < 4.78 is 19.1. The summed E-state index contributed by atoms with van der Waals surface area (Å²) in [4.78, 5) is 18.1. The number of anilines is 1. The van der Waals surface area contributed by atoms with Gasteiger partial charge >= 0.3 is 0 Å². The van der Waals surface area contributed by atoms with Crippen molar-refractivity contribution in [2.24, 2.45) is 0 Å². The van der Waals surface area contributed by atoms with Crippen LogP contribution in [-0.4, -0.2) is 21.4 Å². The van der Waals surface area contributed by atoms with Crippen LogP contribution in [-0.2, 0) is 0 Å². The van der Waals surface area contributed by atoms with Gasteiger partial charge in [-0.25, -0.2) is 9.37 Å². The Morgan fingerprint density at radius 1 is 1.38 bits per heavy atom. The van der Waals surface area contributed by atoms with Crippen LogP contribution in [0.15, 0.2) is 24.3 Å². The zero-order valence-electron chi connectivity index (χ0n) is 11.5. The lowest BCUT2D eigenvalue weighted by Gasteiger charge is -2.08. The Morgan fingerprint density at radius 2 is 2.14 bits per heavy atom. The highest BCUT2D eigenvalue weighted by Gasteiger charge is 2.13. The van der Waals surface area contributed by atoms with E-state index >= 15 is 0 Å². The van der Waals surface area contributed by atoms with Crippen LogP contribution in [0.1, 0.15) is 12.6 Å². The number of nitrogens with one attached hydrogen (secondary N) is 1. The first-order valence-corrected chi connectivity index (χ1v) is 6.21. The van der Waals surface area contributed by atoms with E-state index in [2.05, 4.69) is 15.3 Å². The number of nitrogens with zero attached hydrogens (tertiary/aromatic N) is 3. The van der Waals surface area contributed by atoms with Gasteiger partial charge in [-0.05, 0) is 19.9 Å². The highest BCUT2D eigenvalue weighted by atomic mass is 19.1. The number of rotatable bonds is 5. The fraction of sp³-hybridized carbons (Fsp3) is 0.231. The molecule has 0 atom stereocenters. The first-order valence-electron chi connectivity index (χ1n) is 6.21. The van der Waals surface area contributed by atoms with Gasteiger partial charge in [0, 0.05) is 24.4 Å². The van der Waals surface area contributed by atoms with Crippen molar-refractivity contribution < 1.29 is 14.1 Å². The Hall–Kier alpha value is -2.77. The van der Waals surface area contributed by atoms with Gasteiger partial charge in [-0.1, -0.05) is 0 Å². The molecule has 7 nitrogen and oxygen atoms in total. The minimum absolute atomic E-state index is 0.138. The molecule has 1 aromatic carbocycles. The summed E-state index contributed by atoms with van der Waals surface area (Å²) in [6, 6.07) is 4.70. The summed E-state index contributed by atoms with van der Waals surface area (Å²) in [5, 5.41) is 13.5. The van der Waals surface area contributed by atoms with E-state index in [0.29, 0.717) is 18.2 Å². The second kappa shape index (κ2) is 6.12. The van der Waals surface area contributed by atoms with E-state index in [-0.39, 0.29) is 17.3 Å². The second-order valence-corrected chi connectivity index (χ2v) is 4.18. The number of nitro groups is 1. The van der Waals surface area contributed by atoms with E-state index in [0.717, 1.165) is 12.1 Å². The number of hydrogen-bond donors (Lipinski definition) is 1. The molecule has 0 saturated heterocycles. The molecular weight excluding hydrogens is 279 g/mol. The van der Waals surface area contributed by atoms with Crippen molar-refractivity contribution in [1.29, 1.82) is 0 Å². The summed E-state index contributed by atoms with van der Waals surface area (Å²) in [6.45, 7) is 4.28. The SMILES string of the molecule is CCNc1nc(C)cc(Oc2ccc([N+](=O)[O-])cc2F)n1. The molecule has 0 fully saturated rings. The lowest BCUT2D eigenvalue weighted by molar-refractivity contribution is -0.385. The van der Waals surface area contributed by atoms with E-state index in [9.17, 15) is 14.5 Å².